The number of benzene rings is 1. The summed E-state index contributed by atoms with van der Waals surface area (Å²) in [6.07, 6.45) is 1.13. The Bertz CT molecular complexity index is 756. The number of halogens is 1. The molecule has 152 valence electrons. The first-order valence-electron chi connectivity index (χ1n) is 9.47. The van der Waals surface area contributed by atoms with Crippen LogP contribution in [0, 0.1) is 11.7 Å². The van der Waals surface area contributed by atoms with Crippen LogP contribution in [0.2, 0.25) is 0 Å². The van der Waals surface area contributed by atoms with Gasteiger partial charge in [-0.05, 0) is 30.2 Å². The second-order valence-electron chi connectivity index (χ2n) is 7.77. The minimum absolute atomic E-state index is 0.0500. The summed E-state index contributed by atoms with van der Waals surface area (Å²) >= 11 is 0. The number of carboxylic acids is 1. The standard InChI is InChI=1S/C20H25FN2O5/c1-13(2)11-17(24)22-9-7-20(8-10-22)23(16(12-28-20)19(26)27)18(25)14-3-5-15(21)6-4-14/h3-6,13,16H,7-12H2,1-2H3,(H,26,27)/t16-/m0/s1. The second-order valence-corrected chi connectivity index (χ2v) is 7.77. The van der Waals surface area contributed by atoms with Crippen molar-refractivity contribution >= 4 is 17.8 Å². The molecule has 2 fully saturated rings. The maximum absolute atomic E-state index is 13.2. The SMILES string of the molecule is CC(C)CC(=O)N1CCC2(CC1)OC[C@@H](C(=O)O)N2C(=O)c1ccc(F)cc1. The topological polar surface area (TPSA) is 87.2 Å². The molecule has 1 aromatic carbocycles. The van der Waals surface area contributed by atoms with Crippen LogP contribution in [-0.2, 0) is 14.3 Å². The Kier molecular flexibility index (Phi) is 5.69. The van der Waals surface area contributed by atoms with Gasteiger partial charge in [0.05, 0.1) is 6.61 Å². The number of carbonyl (C=O) groups is 3. The van der Waals surface area contributed by atoms with Gasteiger partial charge in [0.1, 0.15) is 11.5 Å². The third-order valence-corrected chi connectivity index (χ3v) is 5.34. The number of aliphatic carboxylic acids is 1. The molecule has 1 N–H and O–H groups in total. The van der Waals surface area contributed by atoms with E-state index in [1.807, 2.05) is 13.8 Å². The smallest absolute Gasteiger partial charge is 0.328 e. The van der Waals surface area contributed by atoms with Crippen molar-refractivity contribution in [2.45, 2.75) is 44.9 Å². The Labute approximate surface area is 163 Å². The van der Waals surface area contributed by atoms with Crippen molar-refractivity contribution in [3.05, 3.63) is 35.6 Å². The van der Waals surface area contributed by atoms with Gasteiger partial charge in [-0.25, -0.2) is 9.18 Å². The quantitative estimate of drug-likeness (QED) is 0.848. The Hall–Kier alpha value is -2.48. The van der Waals surface area contributed by atoms with E-state index >= 15 is 0 Å². The molecule has 8 heteroatoms. The van der Waals surface area contributed by atoms with E-state index in [0.29, 0.717) is 32.4 Å². The molecule has 0 aromatic heterocycles. The third-order valence-electron chi connectivity index (χ3n) is 5.34. The van der Waals surface area contributed by atoms with E-state index in [9.17, 15) is 23.9 Å². The summed E-state index contributed by atoms with van der Waals surface area (Å²) < 4.78 is 19.1. The number of carbonyl (C=O) groups excluding carboxylic acids is 2. The summed E-state index contributed by atoms with van der Waals surface area (Å²) in [5, 5.41) is 9.58. The molecule has 0 aliphatic carbocycles. The highest BCUT2D eigenvalue weighted by Gasteiger charge is 2.54. The van der Waals surface area contributed by atoms with Crippen molar-refractivity contribution in [3.8, 4) is 0 Å². The minimum atomic E-state index is -1.15. The monoisotopic (exact) mass is 392 g/mol. The van der Waals surface area contributed by atoms with Crippen LogP contribution in [-0.4, -0.2) is 64.2 Å². The zero-order valence-corrected chi connectivity index (χ0v) is 16.1. The number of nitrogens with zero attached hydrogens (tertiary/aromatic N) is 2. The summed E-state index contributed by atoms with van der Waals surface area (Å²) in [6.45, 7) is 4.63. The Morgan fingerprint density at radius 2 is 1.82 bits per heavy atom. The lowest BCUT2D eigenvalue weighted by molar-refractivity contribution is -0.148. The number of likely N-dealkylation sites (tertiary alicyclic amines) is 1. The summed E-state index contributed by atoms with van der Waals surface area (Å²) in [5.74, 6) is -1.83. The van der Waals surface area contributed by atoms with Gasteiger partial charge in [0.2, 0.25) is 5.91 Å². The maximum atomic E-state index is 13.2. The van der Waals surface area contributed by atoms with Crippen molar-refractivity contribution in [1.82, 2.24) is 9.80 Å². The summed E-state index contributed by atoms with van der Waals surface area (Å²) in [7, 11) is 0. The number of ether oxygens (including phenoxy) is 1. The Morgan fingerprint density at radius 3 is 2.36 bits per heavy atom. The fourth-order valence-corrected chi connectivity index (χ4v) is 3.87. The number of amides is 2. The van der Waals surface area contributed by atoms with Crippen LogP contribution >= 0.6 is 0 Å². The van der Waals surface area contributed by atoms with E-state index in [1.165, 1.54) is 29.2 Å². The highest BCUT2D eigenvalue weighted by Crippen LogP contribution is 2.38. The maximum Gasteiger partial charge on any atom is 0.328 e. The number of piperidine rings is 1. The molecule has 1 spiro atoms. The summed E-state index contributed by atoms with van der Waals surface area (Å²) in [4.78, 5) is 40.1. The van der Waals surface area contributed by atoms with Gasteiger partial charge >= 0.3 is 5.97 Å². The number of carboxylic acid groups (broad SMARTS) is 1. The van der Waals surface area contributed by atoms with Crippen molar-refractivity contribution in [1.29, 1.82) is 0 Å². The van der Waals surface area contributed by atoms with E-state index in [-0.39, 0.29) is 24.0 Å². The predicted molar refractivity (Wildman–Crippen MR) is 97.9 cm³/mol. The van der Waals surface area contributed by atoms with Crippen LogP contribution < -0.4 is 0 Å². The average molecular weight is 392 g/mol. The molecule has 28 heavy (non-hydrogen) atoms. The zero-order chi connectivity index (χ0) is 20.5. The van der Waals surface area contributed by atoms with Gasteiger partial charge < -0.3 is 14.7 Å². The Balaban J connectivity index is 1.81. The molecule has 0 bridgehead atoms. The van der Waals surface area contributed by atoms with Crippen molar-refractivity contribution in [2.24, 2.45) is 5.92 Å². The van der Waals surface area contributed by atoms with Crippen LogP contribution in [0.1, 0.15) is 43.5 Å². The number of hydrogen-bond donors (Lipinski definition) is 1. The molecule has 1 aromatic rings. The second kappa shape index (κ2) is 7.87. The molecule has 3 rings (SSSR count). The lowest BCUT2D eigenvalue weighted by atomic mass is 9.96. The largest absolute Gasteiger partial charge is 0.480 e. The minimum Gasteiger partial charge on any atom is -0.480 e. The molecule has 2 aliphatic heterocycles. The van der Waals surface area contributed by atoms with E-state index in [2.05, 4.69) is 0 Å². The van der Waals surface area contributed by atoms with Crippen LogP contribution in [0.25, 0.3) is 0 Å². The number of hydrogen-bond acceptors (Lipinski definition) is 4. The zero-order valence-electron chi connectivity index (χ0n) is 16.1. The third kappa shape index (κ3) is 3.87. The first kappa shape index (κ1) is 20.3. The van der Waals surface area contributed by atoms with Crippen molar-refractivity contribution in [3.63, 3.8) is 0 Å². The molecule has 0 unspecified atom stereocenters. The molecule has 2 aliphatic rings. The highest BCUT2D eigenvalue weighted by molar-refractivity contribution is 5.97. The van der Waals surface area contributed by atoms with Gasteiger partial charge in [-0.2, -0.15) is 0 Å². The van der Waals surface area contributed by atoms with Gasteiger partial charge in [0.25, 0.3) is 5.91 Å². The molecule has 1 atom stereocenters. The molecule has 2 amide bonds. The molecule has 2 heterocycles. The fourth-order valence-electron chi connectivity index (χ4n) is 3.87. The fraction of sp³-hybridized carbons (Fsp3) is 0.550. The van der Waals surface area contributed by atoms with Crippen LogP contribution in [0.5, 0.6) is 0 Å². The van der Waals surface area contributed by atoms with E-state index in [4.69, 9.17) is 4.74 Å². The van der Waals surface area contributed by atoms with Gasteiger partial charge in [-0.3, -0.25) is 14.5 Å². The van der Waals surface area contributed by atoms with E-state index < -0.39 is 29.5 Å². The van der Waals surface area contributed by atoms with Crippen LogP contribution in [0.3, 0.4) is 0 Å². The van der Waals surface area contributed by atoms with Gasteiger partial charge in [0.15, 0.2) is 6.04 Å². The van der Waals surface area contributed by atoms with Crippen molar-refractivity contribution < 1.29 is 28.6 Å². The summed E-state index contributed by atoms with van der Waals surface area (Å²) in [6, 6.07) is 3.89. The first-order valence-corrected chi connectivity index (χ1v) is 9.47. The molecule has 7 nitrogen and oxygen atoms in total. The van der Waals surface area contributed by atoms with Crippen molar-refractivity contribution in [2.75, 3.05) is 19.7 Å². The van der Waals surface area contributed by atoms with E-state index in [0.717, 1.165) is 0 Å². The van der Waals surface area contributed by atoms with Gasteiger partial charge in [-0.15, -0.1) is 0 Å². The first-order chi connectivity index (χ1) is 13.2. The van der Waals surface area contributed by atoms with Crippen LogP contribution in [0.4, 0.5) is 4.39 Å². The van der Waals surface area contributed by atoms with E-state index in [1.54, 1.807) is 4.90 Å². The Morgan fingerprint density at radius 1 is 1.21 bits per heavy atom. The molecule has 0 radical (unpaired) electrons. The van der Waals surface area contributed by atoms with Gasteiger partial charge in [-0.1, -0.05) is 13.8 Å². The summed E-state index contributed by atoms with van der Waals surface area (Å²) in [5.41, 5.74) is -0.862. The lowest BCUT2D eigenvalue weighted by Crippen LogP contribution is -2.58. The van der Waals surface area contributed by atoms with Gasteiger partial charge in [0, 0.05) is 37.9 Å². The molecule has 2 saturated heterocycles. The highest BCUT2D eigenvalue weighted by atomic mass is 19.1. The average Bonchev–Trinajstić information content (AvgIpc) is 3.00. The van der Waals surface area contributed by atoms with Crippen LogP contribution in [0.15, 0.2) is 24.3 Å². The predicted octanol–water partition coefficient (Wildman–Crippen LogP) is 2.12. The molecular formula is C20H25FN2O5. The normalized spacial score (nSPS) is 21.4. The molecule has 0 saturated carbocycles. The number of rotatable bonds is 4. The molecular weight excluding hydrogens is 367 g/mol. The lowest BCUT2D eigenvalue weighted by Gasteiger charge is -2.44.